The Balaban J connectivity index is 1.69. The zero-order chi connectivity index (χ0) is 27.6. The first-order valence-corrected chi connectivity index (χ1v) is 12.3. The summed E-state index contributed by atoms with van der Waals surface area (Å²) in [5.41, 5.74) is 1.75. The minimum Gasteiger partial charge on any atom is -0.363 e. The van der Waals surface area contributed by atoms with Crippen LogP contribution in [0, 0.1) is 12.7 Å². The zero-order valence-corrected chi connectivity index (χ0v) is 22.0. The summed E-state index contributed by atoms with van der Waals surface area (Å²) >= 11 is 0. The average Bonchev–Trinajstić information content (AvgIpc) is 2.87. The van der Waals surface area contributed by atoms with E-state index in [1.165, 1.54) is 12.1 Å². The molecule has 0 amide bonds. The number of nitrogens with one attached hydrogen (secondary N) is 1. The summed E-state index contributed by atoms with van der Waals surface area (Å²) in [6, 6.07) is 12.4. The van der Waals surface area contributed by atoms with Gasteiger partial charge in [0.15, 0.2) is 0 Å². The van der Waals surface area contributed by atoms with E-state index in [9.17, 15) is 18.0 Å². The van der Waals surface area contributed by atoms with Gasteiger partial charge in [0.05, 0.1) is 22.8 Å². The molecule has 0 bridgehead atoms. The van der Waals surface area contributed by atoms with E-state index in [-0.39, 0.29) is 11.1 Å². The Labute approximate surface area is 219 Å². The minimum absolute atomic E-state index is 0.0741. The first-order chi connectivity index (χ1) is 18.0. The molecule has 0 spiro atoms. The molecule has 38 heavy (non-hydrogen) atoms. The molecule has 0 fully saturated rings. The van der Waals surface area contributed by atoms with Crippen molar-refractivity contribution in [2.24, 2.45) is 0 Å². The molecular weight excluding hydrogens is 493 g/mol. The Bertz CT molecular complexity index is 1500. The lowest BCUT2D eigenvalue weighted by Gasteiger charge is -2.22. The van der Waals surface area contributed by atoms with E-state index in [4.69, 9.17) is 0 Å². The number of aromatic nitrogens is 3. The molecule has 0 aliphatic heterocycles. The predicted octanol–water partition coefficient (Wildman–Crippen LogP) is 5.68. The van der Waals surface area contributed by atoms with E-state index in [2.05, 4.69) is 15.3 Å². The number of alkyl halides is 2. The molecule has 2 aromatic heterocycles. The molecule has 1 atom stereocenters. The third kappa shape index (κ3) is 5.80. The lowest BCUT2D eigenvalue weighted by atomic mass is 10.0. The Hall–Kier alpha value is -3.92. The first kappa shape index (κ1) is 27.1. The standard InChI is InChI=1S/C28H31F3N6O/c1-17(21-7-6-8-22(26(21)29)27(30)31)32-28-23-15-19(9-11-24(23)33-18(2)34-28)36(5)20-10-12-25(38)37(16-20)14-13-35(3)4/h6-12,15-17,27H,13-14H2,1-5H3,(H,32,33,34)/t17-/m1/s1. The van der Waals surface area contributed by atoms with Gasteiger partial charge in [-0.3, -0.25) is 4.79 Å². The van der Waals surface area contributed by atoms with Gasteiger partial charge >= 0.3 is 0 Å². The van der Waals surface area contributed by atoms with Gasteiger partial charge in [-0.2, -0.15) is 0 Å². The molecule has 7 nitrogen and oxygen atoms in total. The Morgan fingerprint density at radius 3 is 2.42 bits per heavy atom. The fourth-order valence-electron chi connectivity index (χ4n) is 4.25. The summed E-state index contributed by atoms with van der Waals surface area (Å²) in [4.78, 5) is 25.3. The van der Waals surface area contributed by atoms with Crippen LogP contribution in [0.15, 0.2) is 59.5 Å². The molecule has 2 aromatic carbocycles. The van der Waals surface area contributed by atoms with Gasteiger partial charge in [-0.1, -0.05) is 18.2 Å². The maximum atomic E-state index is 14.8. The normalized spacial score (nSPS) is 12.4. The third-order valence-corrected chi connectivity index (χ3v) is 6.43. The highest BCUT2D eigenvalue weighted by Gasteiger charge is 2.20. The molecule has 1 N–H and O–H groups in total. The highest BCUT2D eigenvalue weighted by molar-refractivity contribution is 5.92. The maximum absolute atomic E-state index is 14.8. The molecule has 0 aliphatic carbocycles. The van der Waals surface area contributed by atoms with Crippen molar-refractivity contribution in [3.63, 3.8) is 0 Å². The number of benzene rings is 2. The number of rotatable bonds is 9. The van der Waals surface area contributed by atoms with Crippen molar-refractivity contribution in [2.75, 3.05) is 37.9 Å². The van der Waals surface area contributed by atoms with Crippen LogP contribution in [0.5, 0.6) is 0 Å². The minimum atomic E-state index is -2.90. The van der Waals surface area contributed by atoms with E-state index in [1.54, 1.807) is 30.5 Å². The van der Waals surface area contributed by atoms with Crippen LogP contribution in [0.3, 0.4) is 0 Å². The molecule has 0 aliphatic rings. The largest absolute Gasteiger partial charge is 0.363 e. The van der Waals surface area contributed by atoms with Crippen molar-refractivity contribution < 1.29 is 13.2 Å². The topological polar surface area (TPSA) is 66.3 Å². The molecule has 0 saturated carbocycles. The van der Waals surface area contributed by atoms with Crippen LogP contribution in [0.2, 0.25) is 0 Å². The van der Waals surface area contributed by atoms with E-state index in [0.717, 1.165) is 24.0 Å². The van der Waals surface area contributed by atoms with Crippen molar-refractivity contribution in [1.82, 2.24) is 19.4 Å². The average molecular weight is 525 g/mol. The van der Waals surface area contributed by atoms with Crippen LogP contribution >= 0.6 is 0 Å². The van der Waals surface area contributed by atoms with Crippen molar-refractivity contribution >= 4 is 28.1 Å². The molecule has 10 heteroatoms. The molecule has 0 saturated heterocycles. The molecule has 0 unspecified atom stereocenters. The highest BCUT2D eigenvalue weighted by atomic mass is 19.3. The molecule has 2 heterocycles. The number of aryl methyl sites for hydroxylation is 1. The number of pyridine rings is 1. The quantitative estimate of drug-likeness (QED) is 0.304. The highest BCUT2D eigenvalue weighted by Crippen LogP contribution is 2.32. The van der Waals surface area contributed by atoms with Crippen LogP contribution in [0.4, 0.5) is 30.4 Å². The van der Waals surface area contributed by atoms with Gasteiger partial charge in [0.25, 0.3) is 12.0 Å². The number of halogens is 3. The summed E-state index contributed by atoms with van der Waals surface area (Å²) < 4.78 is 43.0. The predicted molar refractivity (Wildman–Crippen MR) is 145 cm³/mol. The third-order valence-electron chi connectivity index (χ3n) is 6.43. The van der Waals surface area contributed by atoms with Gasteiger partial charge in [0.1, 0.15) is 17.5 Å². The first-order valence-electron chi connectivity index (χ1n) is 12.3. The van der Waals surface area contributed by atoms with Crippen molar-refractivity contribution in [3.05, 3.63) is 87.9 Å². The van der Waals surface area contributed by atoms with Crippen molar-refractivity contribution in [3.8, 4) is 0 Å². The smallest absolute Gasteiger partial charge is 0.266 e. The van der Waals surface area contributed by atoms with Crippen LogP contribution in [-0.4, -0.2) is 47.1 Å². The van der Waals surface area contributed by atoms with E-state index in [0.29, 0.717) is 29.1 Å². The molecular formula is C28H31F3N6O. The number of hydrogen-bond donors (Lipinski definition) is 1. The van der Waals surface area contributed by atoms with Gasteiger partial charge in [0, 0.05) is 49.0 Å². The van der Waals surface area contributed by atoms with E-state index in [1.807, 2.05) is 55.3 Å². The molecule has 4 aromatic rings. The van der Waals surface area contributed by atoms with Crippen LogP contribution in [-0.2, 0) is 6.54 Å². The van der Waals surface area contributed by atoms with Gasteiger partial charge in [-0.25, -0.2) is 23.1 Å². The second-order valence-corrected chi connectivity index (χ2v) is 9.52. The van der Waals surface area contributed by atoms with Crippen LogP contribution < -0.4 is 15.8 Å². The number of hydrogen-bond acceptors (Lipinski definition) is 6. The lowest BCUT2D eigenvalue weighted by molar-refractivity contribution is 0.146. The number of nitrogens with zero attached hydrogens (tertiary/aromatic N) is 5. The summed E-state index contributed by atoms with van der Waals surface area (Å²) in [5.74, 6) is 0.0542. The van der Waals surface area contributed by atoms with E-state index < -0.39 is 23.8 Å². The van der Waals surface area contributed by atoms with Crippen LogP contribution in [0.25, 0.3) is 10.9 Å². The van der Waals surface area contributed by atoms with Gasteiger partial charge in [0.2, 0.25) is 0 Å². The summed E-state index contributed by atoms with van der Waals surface area (Å²) in [6.07, 6.45) is -1.08. The number of likely N-dealkylation sites (N-methyl/N-ethyl adjacent to an activating group) is 1. The van der Waals surface area contributed by atoms with Gasteiger partial charge in [-0.15, -0.1) is 0 Å². The summed E-state index contributed by atoms with van der Waals surface area (Å²) in [5, 5.41) is 3.89. The van der Waals surface area contributed by atoms with Crippen molar-refractivity contribution in [1.29, 1.82) is 0 Å². The Morgan fingerprint density at radius 2 is 1.71 bits per heavy atom. The monoisotopic (exact) mass is 524 g/mol. The Kier molecular flexibility index (Phi) is 8.01. The van der Waals surface area contributed by atoms with Gasteiger partial charge < -0.3 is 19.7 Å². The van der Waals surface area contributed by atoms with E-state index >= 15 is 0 Å². The maximum Gasteiger partial charge on any atom is 0.266 e. The Morgan fingerprint density at radius 1 is 1.00 bits per heavy atom. The van der Waals surface area contributed by atoms with Crippen molar-refractivity contribution in [2.45, 2.75) is 32.9 Å². The molecule has 200 valence electrons. The zero-order valence-electron chi connectivity index (χ0n) is 22.0. The van der Waals surface area contributed by atoms with Crippen LogP contribution in [0.1, 0.15) is 36.3 Å². The van der Waals surface area contributed by atoms with Gasteiger partial charge in [-0.05, 0) is 52.2 Å². The fourth-order valence-corrected chi connectivity index (χ4v) is 4.25. The number of anilines is 3. The SMILES string of the molecule is Cc1nc(N[C@H](C)c2cccc(C(F)F)c2F)c2cc(N(C)c3ccc(=O)n(CCN(C)C)c3)ccc2n1. The second-order valence-electron chi connectivity index (χ2n) is 9.52. The molecule has 4 rings (SSSR count). The number of fused-ring (bicyclic) bond motifs is 1. The summed E-state index contributed by atoms with van der Waals surface area (Å²) in [7, 11) is 5.81. The fraction of sp³-hybridized carbons (Fsp3) is 0.321. The molecule has 0 radical (unpaired) electrons. The second kappa shape index (κ2) is 11.2. The lowest BCUT2D eigenvalue weighted by Crippen LogP contribution is -2.26. The summed E-state index contributed by atoms with van der Waals surface area (Å²) in [6.45, 7) is 4.75.